The zero-order valence-electron chi connectivity index (χ0n) is 11.4. The van der Waals surface area contributed by atoms with E-state index < -0.39 is 5.97 Å². The molecule has 3 rings (SSSR count). The van der Waals surface area contributed by atoms with E-state index in [0.29, 0.717) is 10.6 Å². The van der Waals surface area contributed by atoms with Gasteiger partial charge in [-0.1, -0.05) is 37.3 Å². The molecule has 3 nitrogen and oxygen atoms in total. The first-order chi connectivity index (χ1) is 10.2. The lowest BCUT2D eigenvalue weighted by molar-refractivity contribution is 0.0702. The van der Waals surface area contributed by atoms with Crippen molar-refractivity contribution in [3.05, 3.63) is 52.2 Å². The molecule has 106 valence electrons. The summed E-state index contributed by atoms with van der Waals surface area (Å²) in [6.07, 6.45) is 0.980. The zero-order valence-corrected chi connectivity index (χ0v) is 13.0. The fraction of sp³-hybridized carbons (Fsp3) is 0.125. The molecule has 5 heteroatoms. The number of hydrogen-bond acceptors (Lipinski definition) is 4. The maximum absolute atomic E-state index is 11.5. The molecule has 0 unspecified atom stereocenters. The van der Waals surface area contributed by atoms with Crippen LogP contribution in [0.4, 0.5) is 0 Å². The highest BCUT2D eigenvalue weighted by atomic mass is 32.1. The number of aromatic nitrogens is 1. The molecule has 0 bridgehead atoms. The van der Waals surface area contributed by atoms with Crippen LogP contribution < -0.4 is 0 Å². The lowest BCUT2D eigenvalue weighted by Gasteiger charge is -1.97. The maximum atomic E-state index is 11.5. The van der Waals surface area contributed by atoms with E-state index in [1.54, 1.807) is 11.3 Å². The Morgan fingerprint density at radius 3 is 2.52 bits per heavy atom. The van der Waals surface area contributed by atoms with Gasteiger partial charge in [0.25, 0.3) is 0 Å². The average molecular weight is 315 g/mol. The molecular weight excluding hydrogens is 302 g/mol. The number of aromatic carboxylic acids is 1. The summed E-state index contributed by atoms with van der Waals surface area (Å²) in [4.78, 5) is 18.6. The number of rotatable bonds is 4. The number of thiophene rings is 1. The Bertz CT molecular complexity index is 775. The molecule has 1 aromatic carbocycles. The topological polar surface area (TPSA) is 50.2 Å². The van der Waals surface area contributed by atoms with Crippen molar-refractivity contribution in [1.82, 2.24) is 4.98 Å². The Morgan fingerprint density at radius 2 is 1.90 bits per heavy atom. The van der Waals surface area contributed by atoms with Gasteiger partial charge in [0.2, 0.25) is 0 Å². The number of thiazole rings is 1. The Balaban J connectivity index is 2.10. The predicted molar refractivity (Wildman–Crippen MR) is 87.2 cm³/mol. The van der Waals surface area contributed by atoms with E-state index in [9.17, 15) is 9.90 Å². The van der Waals surface area contributed by atoms with E-state index in [2.05, 4.69) is 18.0 Å². The van der Waals surface area contributed by atoms with Crippen LogP contribution in [0.1, 0.15) is 21.5 Å². The maximum Gasteiger partial charge on any atom is 0.348 e. The molecule has 0 aliphatic heterocycles. The molecule has 0 aliphatic carbocycles. The molecule has 0 radical (unpaired) electrons. The van der Waals surface area contributed by atoms with Crippen LogP contribution in [-0.2, 0) is 6.42 Å². The summed E-state index contributed by atoms with van der Waals surface area (Å²) in [5.41, 5.74) is 1.39. The Kier molecular flexibility index (Phi) is 3.86. The van der Waals surface area contributed by atoms with Gasteiger partial charge in [0, 0.05) is 10.4 Å². The van der Waals surface area contributed by atoms with Crippen LogP contribution in [0.15, 0.2) is 42.5 Å². The fourth-order valence-electron chi connectivity index (χ4n) is 2.05. The van der Waals surface area contributed by atoms with Gasteiger partial charge in [-0.25, -0.2) is 9.78 Å². The quantitative estimate of drug-likeness (QED) is 0.752. The van der Waals surface area contributed by atoms with E-state index in [-0.39, 0.29) is 0 Å². The van der Waals surface area contributed by atoms with Crippen LogP contribution in [-0.4, -0.2) is 16.1 Å². The molecular formula is C16H13NO2S2. The standard InChI is InChI=1S/C16H13NO2S2/c1-2-11-8-9-12(20-11)15-17-13(14(21-15)16(18)19)10-6-4-3-5-7-10/h3-9H,2H2,1H3,(H,18,19). The number of nitrogens with zero attached hydrogens (tertiary/aromatic N) is 1. The Labute approximate surface area is 130 Å². The van der Waals surface area contributed by atoms with Crippen molar-refractivity contribution in [2.75, 3.05) is 0 Å². The molecule has 0 fully saturated rings. The monoisotopic (exact) mass is 315 g/mol. The van der Waals surface area contributed by atoms with Gasteiger partial charge in [0.1, 0.15) is 9.88 Å². The third-order valence-corrected chi connectivity index (χ3v) is 5.53. The lowest BCUT2D eigenvalue weighted by atomic mass is 10.1. The summed E-state index contributed by atoms with van der Waals surface area (Å²) in [5.74, 6) is -0.926. The minimum absolute atomic E-state index is 0.294. The van der Waals surface area contributed by atoms with Crippen molar-refractivity contribution in [2.24, 2.45) is 0 Å². The van der Waals surface area contributed by atoms with Crippen LogP contribution in [0.5, 0.6) is 0 Å². The molecule has 0 saturated carbocycles. The Hall–Kier alpha value is -1.98. The molecule has 2 heterocycles. The third-order valence-electron chi connectivity index (χ3n) is 3.09. The van der Waals surface area contributed by atoms with E-state index in [0.717, 1.165) is 21.9 Å². The van der Waals surface area contributed by atoms with Crippen molar-refractivity contribution < 1.29 is 9.90 Å². The van der Waals surface area contributed by atoms with Crippen LogP contribution in [0, 0.1) is 0 Å². The van der Waals surface area contributed by atoms with Gasteiger partial charge in [-0.3, -0.25) is 0 Å². The van der Waals surface area contributed by atoms with Gasteiger partial charge in [0.15, 0.2) is 0 Å². The highest BCUT2D eigenvalue weighted by Gasteiger charge is 2.20. The molecule has 1 N–H and O–H groups in total. The highest BCUT2D eigenvalue weighted by Crippen LogP contribution is 2.37. The summed E-state index contributed by atoms with van der Waals surface area (Å²) >= 11 is 2.91. The summed E-state index contributed by atoms with van der Waals surface area (Å²) < 4.78 is 0. The third kappa shape index (κ3) is 2.75. The molecule has 2 aromatic heterocycles. The van der Waals surface area contributed by atoms with Crippen molar-refractivity contribution in [3.8, 4) is 21.1 Å². The second-order valence-electron chi connectivity index (χ2n) is 4.49. The van der Waals surface area contributed by atoms with Crippen molar-refractivity contribution in [1.29, 1.82) is 0 Å². The van der Waals surface area contributed by atoms with Gasteiger partial charge >= 0.3 is 5.97 Å². The first-order valence-corrected chi connectivity index (χ1v) is 8.21. The van der Waals surface area contributed by atoms with Crippen LogP contribution in [0.3, 0.4) is 0 Å². The SMILES string of the molecule is CCc1ccc(-c2nc(-c3ccccc3)c(C(=O)O)s2)s1. The van der Waals surface area contributed by atoms with E-state index in [1.807, 2.05) is 36.4 Å². The van der Waals surface area contributed by atoms with Gasteiger partial charge < -0.3 is 5.11 Å². The fourth-order valence-corrected chi connectivity index (χ4v) is 3.97. The largest absolute Gasteiger partial charge is 0.477 e. The second-order valence-corrected chi connectivity index (χ2v) is 6.65. The van der Waals surface area contributed by atoms with Crippen molar-refractivity contribution in [3.63, 3.8) is 0 Å². The lowest BCUT2D eigenvalue weighted by Crippen LogP contribution is -1.95. The number of benzene rings is 1. The number of carboxylic acid groups (broad SMARTS) is 1. The van der Waals surface area contributed by atoms with Gasteiger partial charge in [-0.15, -0.1) is 22.7 Å². The normalized spacial score (nSPS) is 10.7. The first-order valence-electron chi connectivity index (χ1n) is 6.57. The van der Waals surface area contributed by atoms with E-state index >= 15 is 0 Å². The molecule has 0 amide bonds. The minimum Gasteiger partial charge on any atom is -0.477 e. The molecule has 0 saturated heterocycles. The summed E-state index contributed by atoms with van der Waals surface area (Å²) in [6, 6.07) is 13.5. The summed E-state index contributed by atoms with van der Waals surface area (Å²) in [7, 11) is 0. The number of aryl methyl sites for hydroxylation is 1. The highest BCUT2D eigenvalue weighted by molar-refractivity contribution is 7.23. The Morgan fingerprint density at radius 1 is 1.14 bits per heavy atom. The van der Waals surface area contributed by atoms with Crippen LogP contribution in [0.2, 0.25) is 0 Å². The van der Waals surface area contributed by atoms with Crippen LogP contribution in [0.25, 0.3) is 21.1 Å². The molecule has 0 spiro atoms. The average Bonchev–Trinajstić information content (AvgIpc) is 3.14. The van der Waals surface area contributed by atoms with Gasteiger partial charge in [-0.05, 0) is 18.6 Å². The predicted octanol–water partition coefficient (Wildman–Crippen LogP) is 4.80. The van der Waals surface area contributed by atoms with Crippen molar-refractivity contribution in [2.45, 2.75) is 13.3 Å². The number of carbonyl (C=O) groups is 1. The first kappa shape index (κ1) is 14.0. The minimum atomic E-state index is -0.926. The number of hydrogen-bond donors (Lipinski definition) is 1. The smallest absolute Gasteiger partial charge is 0.348 e. The van der Waals surface area contributed by atoms with Crippen molar-refractivity contribution >= 4 is 28.6 Å². The summed E-state index contributed by atoms with van der Waals surface area (Å²) in [6.45, 7) is 2.11. The second kappa shape index (κ2) is 5.79. The number of carboxylic acids is 1. The van der Waals surface area contributed by atoms with E-state index in [4.69, 9.17) is 0 Å². The van der Waals surface area contributed by atoms with Gasteiger partial charge in [-0.2, -0.15) is 0 Å². The molecule has 0 aliphatic rings. The zero-order chi connectivity index (χ0) is 14.8. The van der Waals surface area contributed by atoms with Gasteiger partial charge in [0.05, 0.1) is 10.6 Å². The molecule has 3 aromatic rings. The molecule has 0 atom stereocenters. The summed E-state index contributed by atoms with van der Waals surface area (Å²) in [5, 5.41) is 10.2. The molecule has 21 heavy (non-hydrogen) atoms. The van der Waals surface area contributed by atoms with Crippen LogP contribution >= 0.6 is 22.7 Å². The van der Waals surface area contributed by atoms with E-state index in [1.165, 1.54) is 16.2 Å².